The first-order valence-corrected chi connectivity index (χ1v) is 9.01. The van der Waals surface area contributed by atoms with Gasteiger partial charge in [0.1, 0.15) is 11.5 Å². The van der Waals surface area contributed by atoms with Crippen molar-refractivity contribution >= 4 is 5.91 Å². The lowest BCUT2D eigenvalue weighted by molar-refractivity contribution is 0.0909. The molecule has 0 saturated carbocycles. The maximum absolute atomic E-state index is 12.5. The first-order valence-electron chi connectivity index (χ1n) is 9.01. The summed E-state index contributed by atoms with van der Waals surface area (Å²) in [7, 11) is 1.57. The number of aromatic nitrogens is 1. The van der Waals surface area contributed by atoms with Crippen molar-refractivity contribution < 1.29 is 14.3 Å². The van der Waals surface area contributed by atoms with Gasteiger partial charge in [0.05, 0.1) is 13.3 Å². The standard InChI is InChI=1S/C20H23N3O3/c1-25-19-7-6-18(11-21-19)26-17-4-2-15(3-5-17)20(24)22-16-10-14-8-9-23(12-14)13-16/h2-7,11,14,16H,8-10,12-13H2,1H3,(H,22,24)/t14-,16+/m0/s1. The minimum atomic E-state index is -0.0184. The van der Waals surface area contributed by atoms with E-state index in [1.807, 2.05) is 0 Å². The van der Waals surface area contributed by atoms with E-state index in [2.05, 4.69) is 15.2 Å². The highest BCUT2D eigenvalue weighted by molar-refractivity contribution is 5.94. The van der Waals surface area contributed by atoms with Crippen molar-refractivity contribution in [2.75, 3.05) is 26.7 Å². The number of hydrogen-bond donors (Lipinski definition) is 1. The van der Waals surface area contributed by atoms with Crippen LogP contribution in [0.3, 0.4) is 0 Å². The van der Waals surface area contributed by atoms with Crippen LogP contribution >= 0.6 is 0 Å². The molecule has 0 spiro atoms. The number of nitrogens with zero attached hydrogens (tertiary/aromatic N) is 2. The molecule has 1 aromatic heterocycles. The lowest BCUT2D eigenvalue weighted by atomic mass is 9.96. The van der Waals surface area contributed by atoms with Crippen molar-refractivity contribution in [1.29, 1.82) is 0 Å². The Morgan fingerprint density at radius 3 is 2.65 bits per heavy atom. The summed E-state index contributed by atoms with van der Waals surface area (Å²) in [6, 6.07) is 11.0. The van der Waals surface area contributed by atoms with Gasteiger partial charge in [0.25, 0.3) is 5.91 Å². The van der Waals surface area contributed by atoms with E-state index in [-0.39, 0.29) is 11.9 Å². The molecular weight excluding hydrogens is 330 g/mol. The zero-order valence-corrected chi connectivity index (χ0v) is 14.9. The molecule has 2 aromatic rings. The second kappa shape index (κ2) is 7.33. The predicted octanol–water partition coefficient (Wildman–Crippen LogP) is 2.71. The molecule has 2 bridgehead atoms. The van der Waals surface area contributed by atoms with Gasteiger partial charge in [-0.3, -0.25) is 4.79 Å². The molecule has 1 amide bonds. The van der Waals surface area contributed by atoms with Crippen molar-refractivity contribution in [3.8, 4) is 17.4 Å². The van der Waals surface area contributed by atoms with Crippen molar-refractivity contribution in [1.82, 2.24) is 15.2 Å². The normalized spacial score (nSPS) is 24.1. The van der Waals surface area contributed by atoms with Crippen LogP contribution in [0, 0.1) is 5.92 Å². The number of carbonyl (C=O) groups is 1. The van der Waals surface area contributed by atoms with E-state index in [0.717, 1.165) is 18.9 Å². The summed E-state index contributed by atoms with van der Waals surface area (Å²) >= 11 is 0. The second-order valence-corrected chi connectivity index (χ2v) is 6.98. The number of carbonyl (C=O) groups excluding carboxylic acids is 1. The number of pyridine rings is 1. The van der Waals surface area contributed by atoms with Crippen LogP contribution in [0.4, 0.5) is 0 Å². The molecule has 2 aliphatic heterocycles. The topological polar surface area (TPSA) is 63.7 Å². The second-order valence-electron chi connectivity index (χ2n) is 6.98. The predicted molar refractivity (Wildman–Crippen MR) is 97.7 cm³/mol. The summed E-state index contributed by atoms with van der Waals surface area (Å²) in [5, 5.41) is 3.17. The molecule has 136 valence electrons. The molecule has 6 nitrogen and oxygen atoms in total. The average molecular weight is 353 g/mol. The van der Waals surface area contributed by atoms with Gasteiger partial charge in [-0.1, -0.05) is 0 Å². The van der Waals surface area contributed by atoms with E-state index in [0.29, 0.717) is 22.9 Å². The number of methoxy groups -OCH3 is 1. The van der Waals surface area contributed by atoms with Gasteiger partial charge in [-0.05, 0) is 55.6 Å². The summed E-state index contributed by atoms with van der Waals surface area (Å²) in [6.45, 7) is 3.33. The summed E-state index contributed by atoms with van der Waals surface area (Å²) in [6.07, 6.45) is 3.96. The largest absolute Gasteiger partial charge is 0.481 e. The molecule has 3 heterocycles. The molecule has 4 rings (SSSR count). The fourth-order valence-electron chi connectivity index (χ4n) is 3.79. The highest BCUT2D eigenvalue weighted by atomic mass is 16.5. The number of amides is 1. The Morgan fingerprint density at radius 1 is 1.15 bits per heavy atom. The first-order chi connectivity index (χ1) is 12.7. The van der Waals surface area contributed by atoms with Gasteiger partial charge in [-0.15, -0.1) is 0 Å². The molecule has 3 atom stereocenters. The summed E-state index contributed by atoms with van der Waals surface area (Å²) < 4.78 is 10.8. The Bertz CT molecular complexity index is 749. The molecule has 2 saturated heterocycles. The third kappa shape index (κ3) is 3.80. The fourth-order valence-corrected chi connectivity index (χ4v) is 3.79. The van der Waals surface area contributed by atoms with Crippen LogP contribution < -0.4 is 14.8 Å². The quantitative estimate of drug-likeness (QED) is 0.895. The summed E-state index contributed by atoms with van der Waals surface area (Å²) in [5.74, 6) is 2.54. The molecule has 26 heavy (non-hydrogen) atoms. The van der Waals surface area contributed by atoms with E-state index in [9.17, 15) is 4.79 Å². The molecule has 1 unspecified atom stereocenters. The number of hydrogen-bond acceptors (Lipinski definition) is 5. The number of piperidine rings is 1. The minimum Gasteiger partial charge on any atom is -0.481 e. The lowest BCUT2D eigenvalue weighted by Gasteiger charge is -2.30. The number of ether oxygens (including phenoxy) is 2. The molecule has 0 radical (unpaired) electrons. The number of benzene rings is 1. The van der Waals surface area contributed by atoms with Crippen LogP contribution in [0.1, 0.15) is 23.2 Å². The number of fused-ring (bicyclic) bond motifs is 2. The first kappa shape index (κ1) is 16.8. The van der Waals surface area contributed by atoms with E-state index < -0.39 is 0 Å². The zero-order valence-electron chi connectivity index (χ0n) is 14.9. The van der Waals surface area contributed by atoms with Crippen LogP contribution in [0.25, 0.3) is 0 Å². The van der Waals surface area contributed by atoms with Crippen molar-refractivity contribution in [3.05, 3.63) is 48.2 Å². The Morgan fingerprint density at radius 2 is 1.96 bits per heavy atom. The van der Waals surface area contributed by atoms with Crippen LogP contribution in [-0.4, -0.2) is 48.6 Å². The number of nitrogens with one attached hydrogen (secondary N) is 1. The van der Waals surface area contributed by atoms with Gasteiger partial charge >= 0.3 is 0 Å². The summed E-state index contributed by atoms with van der Waals surface area (Å²) in [5.41, 5.74) is 0.651. The van der Waals surface area contributed by atoms with E-state index in [1.54, 1.807) is 49.7 Å². The third-order valence-electron chi connectivity index (χ3n) is 5.07. The van der Waals surface area contributed by atoms with Gasteiger partial charge < -0.3 is 19.7 Å². The van der Waals surface area contributed by atoms with Crippen molar-refractivity contribution in [2.45, 2.75) is 18.9 Å². The smallest absolute Gasteiger partial charge is 0.251 e. The molecule has 6 heteroatoms. The van der Waals surface area contributed by atoms with Gasteiger partial charge in [0.15, 0.2) is 0 Å². The Balaban J connectivity index is 1.35. The maximum atomic E-state index is 12.5. The van der Waals surface area contributed by atoms with Gasteiger partial charge in [-0.2, -0.15) is 0 Å². The highest BCUT2D eigenvalue weighted by Gasteiger charge is 2.32. The average Bonchev–Trinajstić information content (AvgIpc) is 3.01. The van der Waals surface area contributed by atoms with Crippen LogP contribution in [0.5, 0.6) is 17.4 Å². The van der Waals surface area contributed by atoms with Gasteiger partial charge in [-0.25, -0.2) is 4.98 Å². The van der Waals surface area contributed by atoms with E-state index >= 15 is 0 Å². The van der Waals surface area contributed by atoms with Gasteiger partial charge in [0, 0.05) is 30.8 Å². The van der Waals surface area contributed by atoms with E-state index in [4.69, 9.17) is 9.47 Å². The fraction of sp³-hybridized carbons (Fsp3) is 0.400. The Hall–Kier alpha value is -2.60. The lowest BCUT2D eigenvalue weighted by Crippen LogP contribution is -2.46. The zero-order chi connectivity index (χ0) is 17.9. The molecule has 0 aliphatic carbocycles. The van der Waals surface area contributed by atoms with Crippen LogP contribution in [0.2, 0.25) is 0 Å². The monoisotopic (exact) mass is 353 g/mol. The van der Waals surface area contributed by atoms with Crippen molar-refractivity contribution in [2.24, 2.45) is 5.92 Å². The SMILES string of the molecule is COc1ccc(Oc2ccc(C(=O)N[C@@H]3C[C@@H]4CCN(C4)C3)cc2)cn1. The Kier molecular flexibility index (Phi) is 4.75. The number of rotatable bonds is 5. The highest BCUT2D eigenvalue weighted by Crippen LogP contribution is 2.27. The third-order valence-corrected chi connectivity index (χ3v) is 5.07. The maximum Gasteiger partial charge on any atom is 0.251 e. The molecular formula is C20H23N3O3. The van der Waals surface area contributed by atoms with E-state index in [1.165, 1.54) is 19.5 Å². The molecule has 2 aliphatic rings. The Labute approximate surface area is 153 Å². The van der Waals surface area contributed by atoms with Crippen LogP contribution in [-0.2, 0) is 0 Å². The minimum absolute atomic E-state index is 0.0184. The molecule has 1 aromatic carbocycles. The summed E-state index contributed by atoms with van der Waals surface area (Å²) in [4.78, 5) is 19.0. The molecule has 2 fully saturated rings. The molecule has 1 N–H and O–H groups in total. The van der Waals surface area contributed by atoms with Gasteiger partial charge in [0.2, 0.25) is 5.88 Å². The van der Waals surface area contributed by atoms with Crippen LogP contribution in [0.15, 0.2) is 42.6 Å². The van der Waals surface area contributed by atoms with Crippen molar-refractivity contribution in [3.63, 3.8) is 0 Å².